The Morgan fingerprint density at radius 2 is 1.85 bits per heavy atom. The topological polar surface area (TPSA) is 120 Å². The summed E-state index contributed by atoms with van der Waals surface area (Å²) in [6, 6.07) is 7.83. The summed E-state index contributed by atoms with van der Waals surface area (Å²) in [6.07, 6.45) is 2.49. The fourth-order valence-corrected chi connectivity index (χ4v) is 4.30. The first-order valence-electron chi connectivity index (χ1n) is 9.49. The average molecular weight is 540 g/mol. The van der Waals surface area contributed by atoms with Gasteiger partial charge in [-0.3, -0.25) is 4.79 Å². The highest BCUT2D eigenvalue weighted by molar-refractivity contribution is 9.10. The Hall–Kier alpha value is -3.25. The van der Waals surface area contributed by atoms with Gasteiger partial charge in [-0.2, -0.15) is 8.42 Å². The Morgan fingerprint density at radius 3 is 2.45 bits per heavy atom. The van der Waals surface area contributed by atoms with Gasteiger partial charge in [0, 0.05) is 16.1 Å². The number of ether oxygens (including phenoxy) is 3. The molecule has 0 spiro atoms. The summed E-state index contributed by atoms with van der Waals surface area (Å²) >= 11 is 3.38. The molecule has 0 aliphatic heterocycles. The number of amides is 1. The zero-order valence-corrected chi connectivity index (χ0v) is 20.7. The number of rotatable bonds is 8. The zero-order chi connectivity index (χ0) is 24.2. The predicted octanol–water partition coefficient (Wildman–Crippen LogP) is 4.34. The molecule has 12 heteroatoms. The second kappa shape index (κ2) is 10.1. The van der Waals surface area contributed by atoms with E-state index in [1.54, 1.807) is 37.3 Å². The Bertz CT molecular complexity index is 1250. The third-order valence-corrected chi connectivity index (χ3v) is 6.97. The van der Waals surface area contributed by atoms with Gasteiger partial charge < -0.3 is 23.9 Å². The average Bonchev–Trinajstić information content (AvgIpc) is 3.33. The summed E-state index contributed by atoms with van der Waals surface area (Å²) < 4.78 is 49.1. The first-order valence-corrected chi connectivity index (χ1v) is 11.7. The number of benzene rings is 2. The maximum atomic E-state index is 13.3. The number of methoxy groups -OCH3 is 3. The third-order valence-electron chi connectivity index (χ3n) is 4.68. The molecule has 0 atom stereocenters. The quantitative estimate of drug-likeness (QED) is 0.448. The van der Waals surface area contributed by atoms with Crippen molar-refractivity contribution >= 4 is 42.9 Å². The largest absolute Gasteiger partial charge is 0.497 e. The van der Waals surface area contributed by atoms with Crippen LogP contribution in [0.4, 0.5) is 16.5 Å². The minimum atomic E-state index is -4.64. The summed E-state index contributed by atoms with van der Waals surface area (Å²) in [6.45, 7) is 1.52. The molecule has 0 aliphatic carbocycles. The molecule has 1 N–H and O–H groups in total. The van der Waals surface area contributed by atoms with E-state index in [1.807, 2.05) is 0 Å². The van der Waals surface area contributed by atoms with Gasteiger partial charge in [-0.25, -0.2) is 9.29 Å². The van der Waals surface area contributed by atoms with Gasteiger partial charge in [0.1, 0.15) is 23.5 Å². The lowest BCUT2D eigenvalue weighted by Crippen LogP contribution is -2.38. The van der Waals surface area contributed by atoms with Crippen molar-refractivity contribution in [3.05, 3.63) is 58.4 Å². The molecule has 0 bridgehead atoms. The van der Waals surface area contributed by atoms with Crippen LogP contribution in [0.25, 0.3) is 0 Å². The summed E-state index contributed by atoms with van der Waals surface area (Å²) in [4.78, 5) is 16.9. The van der Waals surface area contributed by atoms with Gasteiger partial charge >= 0.3 is 21.3 Å². The van der Waals surface area contributed by atoms with Gasteiger partial charge in [-0.05, 0) is 36.8 Å². The normalized spacial score (nSPS) is 11.1. The van der Waals surface area contributed by atoms with E-state index in [0.29, 0.717) is 17.1 Å². The summed E-state index contributed by atoms with van der Waals surface area (Å²) in [5.74, 6) is 1.18. The second-order valence-corrected chi connectivity index (χ2v) is 9.33. The molecule has 0 fully saturated rings. The number of anilines is 2. The van der Waals surface area contributed by atoms with Crippen LogP contribution >= 0.6 is 15.9 Å². The van der Waals surface area contributed by atoms with Crippen LogP contribution in [0.5, 0.6) is 17.2 Å². The first-order chi connectivity index (χ1) is 15.7. The van der Waals surface area contributed by atoms with Gasteiger partial charge in [-0.1, -0.05) is 15.9 Å². The van der Waals surface area contributed by atoms with Crippen molar-refractivity contribution in [2.75, 3.05) is 31.0 Å². The fourth-order valence-electron chi connectivity index (χ4n) is 2.94. The summed E-state index contributed by atoms with van der Waals surface area (Å²) in [5, 5.41) is 1.13. The van der Waals surface area contributed by atoms with Crippen molar-refractivity contribution in [2.45, 2.75) is 13.5 Å². The molecule has 2 aromatic carbocycles. The van der Waals surface area contributed by atoms with E-state index in [1.165, 1.54) is 33.8 Å². The Kier molecular flexibility index (Phi) is 7.49. The predicted molar refractivity (Wildman–Crippen MR) is 126 cm³/mol. The molecular weight excluding hydrogens is 518 g/mol. The maximum Gasteiger partial charge on any atom is 0.361 e. The molecule has 10 nitrogen and oxygen atoms in total. The van der Waals surface area contributed by atoms with Crippen LogP contribution in [-0.2, 0) is 16.6 Å². The van der Waals surface area contributed by atoms with E-state index in [0.717, 1.165) is 14.3 Å². The van der Waals surface area contributed by atoms with E-state index >= 15 is 0 Å². The Labute approximate surface area is 199 Å². The van der Waals surface area contributed by atoms with Crippen LogP contribution in [0.2, 0.25) is 0 Å². The van der Waals surface area contributed by atoms with Crippen LogP contribution in [0, 0.1) is 6.92 Å². The number of nitrogens with zero attached hydrogens (tertiary/aromatic N) is 2. The minimum absolute atomic E-state index is 0.196. The van der Waals surface area contributed by atoms with Crippen molar-refractivity contribution in [1.82, 2.24) is 4.98 Å². The number of nitrogens with one attached hydrogen (secondary N) is 1. The molecule has 3 aromatic rings. The highest BCUT2D eigenvalue weighted by atomic mass is 79.9. The molecule has 1 aromatic heterocycles. The van der Waals surface area contributed by atoms with E-state index in [-0.39, 0.29) is 24.0 Å². The zero-order valence-electron chi connectivity index (χ0n) is 18.3. The number of carbonyl (C=O) groups is 1. The standard InChI is InChI=1S/C21H22BrN3O7S/c1-13-9-17(19(31-4)11-16(13)22)24-21(26)33(27,28)25(20-23-7-8-32-20)12-14-5-6-15(29-2)10-18(14)30-3/h5-11H,12H2,1-4H3,(H,24,26). The number of carbonyl (C=O) groups excluding carboxylic acids is 1. The van der Waals surface area contributed by atoms with Crippen molar-refractivity contribution in [3.8, 4) is 17.2 Å². The molecule has 0 aliphatic rings. The second-order valence-electron chi connectivity index (χ2n) is 6.72. The van der Waals surface area contributed by atoms with Crippen molar-refractivity contribution in [3.63, 3.8) is 0 Å². The third kappa shape index (κ3) is 5.22. The lowest BCUT2D eigenvalue weighted by molar-refractivity contribution is 0.267. The Morgan fingerprint density at radius 1 is 1.12 bits per heavy atom. The van der Waals surface area contributed by atoms with Gasteiger partial charge in [0.05, 0.1) is 39.8 Å². The minimum Gasteiger partial charge on any atom is -0.497 e. The van der Waals surface area contributed by atoms with Gasteiger partial charge in [0.15, 0.2) is 0 Å². The lowest BCUT2D eigenvalue weighted by Gasteiger charge is -2.21. The fraction of sp³-hybridized carbons (Fsp3) is 0.238. The number of aromatic nitrogens is 1. The number of hydrogen-bond acceptors (Lipinski definition) is 8. The summed E-state index contributed by atoms with van der Waals surface area (Å²) in [5.41, 5.74) is 1.43. The van der Waals surface area contributed by atoms with Crippen LogP contribution in [0.3, 0.4) is 0 Å². The van der Waals surface area contributed by atoms with Crippen LogP contribution < -0.4 is 23.8 Å². The van der Waals surface area contributed by atoms with Crippen LogP contribution in [-0.4, -0.2) is 40.0 Å². The van der Waals surface area contributed by atoms with E-state index < -0.39 is 15.3 Å². The Balaban J connectivity index is 1.98. The molecule has 1 amide bonds. The van der Waals surface area contributed by atoms with Gasteiger partial charge in [0.25, 0.3) is 0 Å². The molecule has 1 heterocycles. The maximum absolute atomic E-state index is 13.3. The molecule has 0 unspecified atom stereocenters. The molecular formula is C21H22BrN3O7S. The van der Waals surface area contributed by atoms with Crippen molar-refractivity contribution in [1.29, 1.82) is 0 Å². The number of sulfonamides is 1. The molecule has 0 saturated heterocycles. The molecule has 3 rings (SSSR count). The van der Waals surface area contributed by atoms with Gasteiger partial charge in [-0.15, -0.1) is 0 Å². The number of oxazole rings is 1. The molecule has 0 radical (unpaired) electrons. The van der Waals surface area contributed by atoms with Crippen molar-refractivity contribution < 1.29 is 31.8 Å². The lowest BCUT2D eigenvalue weighted by atomic mass is 10.2. The van der Waals surface area contributed by atoms with E-state index in [4.69, 9.17) is 18.6 Å². The van der Waals surface area contributed by atoms with Crippen LogP contribution in [0.1, 0.15) is 11.1 Å². The van der Waals surface area contributed by atoms with Crippen molar-refractivity contribution in [2.24, 2.45) is 0 Å². The highest BCUT2D eigenvalue weighted by Crippen LogP contribution is 2.33. The molecule has 0 saturated carbocycles. The summed E-state index contributed by atoms with van der Waals surface area (Å²) in [7, 11) is -0.281. The highest BCUT2D eigenvalue weighted by Gasteiger charge is 2.35. The number of hydrogen-bond donors (Lipinski definition) is 1. The number of aryl methyl sites for hydroxylation is 1. The number of halogens is 1. The monoisotopic (exact) mass is 539 g/mol. The molecule has 176 valence electrons. The molecule has 33 heavy (non-hydrogen) atoms. The first kappa shape index (κ1) is 24.4. The van der Waals surface area contributed by atoms with E-state index in [9.17, 15) is 13.2 Å². The SMILES string of the molecule is COc1ccc(CN(c2ncco2)S(=O)(=O)C(=O)Nc2cc(C)c(Br)cc2OC)c(OC)c1. The van der Waals surface area contributed by atoms with E-state index in [2.05, 4.69) is 26.2 Å². The van der Waals surface area contributed by atoms with Gasteiger partial charge in [0.2, 0.25) is 0 Å². The smallest absolute Gasteiger partial charge is 0.361 e. The van der Waals surface area contributed by atoms with Crippen LogP contribution in [0.15, 0.2) is 51.7 Å².